The van der Waals surface area contributed by atoms with E-state index in [9.17, 15) is 4.79 Å². The van der Waals surface area contributed by atoms with Crippen molar-refractivity contribution in [3.8, 4) is 0 Å². The highest BCUT2D eigenvalue weighted by molar-refractivity contribution is 5.94. The maximum absolute atomic E-state index is 12.5. The summed E-state index contributed by atoms with van der Waals surface area (Å²) < 4.78 is 1.86. The number of aromatic nitrogens is 3. The lowest BCUT2D eigenvalue weighted by atomic mass is 10.0. The molecule has 0 radical (unpaired) electrons. The van der Waals surface area contributed by atoms with Crippen molar-refractivity contribution < 1.29 is 4.79 Å². The second-order valence-electron chi connectivity index (χ2n) is 6.86. The predicted molar refractivity (Wildman–Crippen MR) is 101 cm³/mol. The van der Waals surface area contributed by atoms with Crippen LogP contribution in [0.2, 0.25) is 0 Å². The number of carbonyl (C=O) groups excluding carboxylic acids is 1. The van der Waals surface area contributed by atoms with Crippen LogP contribution in [0.3, 0.4) is 0 Å². The normalized spacial score (nSPS) is 18.5. The average molecular weight is 346 g/mol. The van der Waals surface area contributed by atoms with Gasteiger partial charge in [0.25, 0.3) is 0 Å². The molecule has 3 aromatic rings. The van der Waals surface area contributed by atoms with Crippen LogP contribution in [0.25, 0.3) is 0 Å². The summed E-state index contributed by atoms with van der Waals surface area (Å²) in [5.74, 6) is 1.08. The van der Waals surface area contributed by atoms with Crippen molar-refractivity contribution in [3.63, 3.8) is 0 Å². The smallest absolute Gasteiger partial charge is 0.229 e. The zero-order valence-electron chi connectivity index (χ0n) is 14.8. The number of hydrogen-bond acceptors (Lipinski definition) is 3. The molecule has 132 valence electrons. The zero-order valence-corrected chi connectivity index (χ0v) is 14.8. The van der Waals surface area contributed by atoms with Gasteiger partial charge in [0.2, 0.25) is 5.91 Å². The third-order valence-corrected chi connectivity index (χ3v) is 4.99. The van der Waals surface area contributed by atoms with Crippen LogP contribution in [0, 0.1) is 12.8 Å². The van der Waals surface area contributed by atoms with Crippen molar-refractivity contribution in [1.29, 1.82) is 0 Å². The molecule has 5 nitrogen and oxygen atoms in total. The van der Waals surface area contributed by atoms with Crippen molar-refractivity contribution >= 4 is 11.7 Å². The first-order chi connectivity index (χ1) is 12.7. The molecule has 1 aromatic carbocycles. The van der Waals surface area contributed by atoms with Gasteiger partial charge in [-0.15, -0.1) is 0 Å². The van der Waals surface area contributed by atoms with E-state index in [4.69, 9.17) is 0 Å². The molecular formula is C21H22N4O. The molecule has 1 aliphatic carbocycles. The fraction of sp³-hybridized carbons (Fsp3) is 0.286. The molecular weight excluding hydrogens is 324 g/mol. The lowest BCUT2D eigenvalue weighted by Crippen LogP contribution is -2.15. The van der Waals surface area contributed by atoms with Gasteiger partial charge < -0.3 is 5.32 Å². The van der Waals surface area contributed by atoms with Gasteiger partial charge >= 0.3 is 0 Å². The fourth-order valence-electron chi connectivity index (χ4n) is 3.40. The van der Waals surface area contributed by atoms with Crippen LogP contribution in [-0.2, 0) is 17.8 Å². The van der Waals surface area contributed by atoms with Gasteiger partial charge in [-0.1, -0.05) is 24.3 Å². The number of carbonyl (C=O) groups is 1. The molecule has 1 aliphatic rings. The van der Waals surface area contributed by atoms with Crippen LogP contribution in [0.5, 0.6) is 0 Å². The number of hydrogen-bond donors (Lipinski definition) is 1. The summed E-state index contributed by atoms with van der Waals surface area (Å²) in [4.78, 5) is 16.5. The van der Waals surface area contributed by atoms with Gasteiger partial charge in [0.15, 0.2) is 5.82 Å². The monoisotopic (exact) mass is 346 g/mol. The summed E-state index contributed by atoms with van der Waals surface area (Å²) in [6.07, 6.45) is 7.30. The van der Waals surface area contributed by atoms with Crippen molar-refractivity contribution in [3.05, 3.63) is 77.7 Å². The molecule has 0 aliphatic heterocycles. The summed E-state index contributed by atoms with van der Waals surface area (Å²) in [5, 5.41) is 7.42. The molecule has 2 atom stereocenters. The molecule has 0 unspecified atom stereocenters. The molecule has 5 heteroatoms. The standard InChI is InChI=1S/C21H22N4O/c1-15-4-2-3-5-17(15)18-14-19(18)21(26)23-20-9-13-25(24-20)12-8-16-6-10-22-11-7-16/h2-7,9-11,13,18-19H,8,12,14H2,1H3,(H,23,24,26)/t18-,19-/m0/s1. The minimum atomic E-state index is 0.0538. The number of rotatable bonds is 6. The quantitative estimate of drug-likeness (QED) is 0.742. The molecule has 2 aromatic heterocycles. The van der Waals surface area contributed by atoms with Gasteiger partial charge in [-0.2, -0.15) is 5.10 Å². The summed E-state index contributed by atoms with van der Waals surface area (Å²) in [5.41, 5.74) is 3.77. The second kappa shape index (κ2) is 7.12. The van der Waals surface area contributed by atoms with E-state index in [-0.39, 0.29) is 11.8 Å². The summed E-state index contributed by atoms with van der Waals surface area (Å²) >= 11 is 0. The van der Waals surface area contributed by atoms with E-state index in [2.05, 4.69) is 34.5 Å². The highest BCUT2D eigenvalue weighted by atomic mass is 16.2. The number of aryl methyl sites for hydroxylation is 3. The van der Waals surface area contributed by atoms with E-state index in [0.717, 1.165) is 19.4 Å². The molecule has 0 bridgehead atoms. The molecule has 26 heavy (non-hydrogen) atoms. The number of pyridine rings is 1. The second-order valence-corrected chi connectivity index (χ2v) is 6.86. The van der Waals surface area contributed by atoms with Gasteiger partial charge in [0.1, 0.15) is 0 Å². The number of nitrogens with zero attached hydrogens (tertiary/aromatic N) is 3. The SMILES string of the molecule is Cc1ccccc1[C@@H]1C[C@@H]1C(=O)Nc1ccn(CCc2ccncc2)n1. The Morgan fingerprint density at radius 3 is 2.81 bits per heavy atom. The predicted octanol–water partition coefficient (Wildman–Crippen LogP) is 3.57. The van der Waals surface area contributed by atoms with Crippen LogP contribution in [0.4, 0.5) is 5.82 Å². The number of benzene rings is 1. The van der Waals surface area contributed by atoms with Crippen LogP contribution >= 0.6 is 0 Å². The molecule has 1 N–H and O–H groups in total. The van der Waals surface area contributed by atoms with Gasteiger partial charge in [-0.05, 0) is 54.5 Å². The van der Waals surface area contributed by atoms with E-state index in [0.29, 0.717) is 11.7 Å². The Labute approximate surface area is 153 Å². The van der Waals surface area contributed by atoms with E-state index in [1.165, 1.54) is 16.7 Å². The van der Waals surface area contributed by atoms with E-state index < -0.39 is 0 Å². The van der Waals surface area contributed by atoms with Crippen molar-refractivity contribution in [2.24, 2.45) is 5.92 Å². The highest BCUT2D eigenvalue weighted by Gasteiger charge is 2.44. The van der Waals surface area contributed by atoms with E-state index >= 15 is 0 Å². The Bertz CT molecular complexity index is 903. The lowest BCUT2D eigenvalue weighted by molar-refractivity contribution is -0.117. The first kappa shape index (κ1) is 16.5. The number of anilines is 1. The number of nitrogens with one attached hydrogen (secondary N) is 1. The minimum absolute atomic E-state index is 0.0538. The Morgan fingerprint density at radius 1 is 1.19 bits per heavy atom. The molecule has 4 rings (SSSR count). The lowest BCUT2D eigenvalue weighted by Gasteiger charge is -2.05. The Kier molecular flexibility index (Phi) is 4.52. The first-order valence-electron chi connectivity index (χ1n) is 8.99. The third kappa shape index (κ3) is 3.67. The third-order valence-electron chi connectivity index (χ3n) is 4.99. The average Bonchev–Trinajstić information content (AvgIpc) is 3.34. The summed E-state index contributed by atoms with van der Waals surface area (Å²) in [7, 11) is 0. The van der Waals surface area contributed by atoms with Crippen molar-refractivity contribution in [2.75, 3.05) is 5.32 Å². The summed E-state index contributed by atoms with van der Waals surface area (Å²) in [6.45, 7) is 2.88. The van der Waals surface area contributed by atoms with Crippen LogP contribution in [0.1, 0.15) is 29.0 Å². The van der Waals surface area contributed by atoms with Gasteiger partial charge in [0, 0.05) is 37.1 Å². The molecule has 1 fully saturated rings. The highest BCUT2D eigenvalue weighted by Crippen LogP contribution is 2.48. The van der Waals surface area contributed by atoms with Crippen LogP contribution < -0.4 is 5.32 Å². The van der Waals surface area contributed by atoms with Crippen LogP contribution in [0.15, 0.2) is 61.1 Å². The van der Waals surface area contributed by atoms with Crippen LogP contribution in [-0.4, -0.2) is 20.7 Å². The fourth-order valence-corrected chi connectivity index (χ4v) is 3.40. The molecule has 0 saturated heterocycles. The Balaban J connectivity index is 1.32. The number of amides is 1. The largest absolute Gasteiger partial charge is 0.309 e. The maximum Gasteiger partial charge on any atom is 0.229 e. The zero-order chi connectivity index (χ0) is 17.9. The Morgan fingerprint density at radius 2 is 2.00 bits per heavy atom. The molecule has 0 spiro atoms. The van der Waals surface area contributed by atoms with E-state index in [1.807, 2.05) is 41.2 Å². The van der Waals surface area contributed by atoms with Gasteiger partial charge in [0.05, 0.1) is 0 Å². The van der Waals surface area contributed by atoms with Gasteiger partial charge in [-0.3, -0.25) is 14.5 Å². The van der Waals surface area contributed by atoms with Crippen molar-refractivity contribution in [1.82, 2.24) is 14.8 Å². The summed E-state index contributed by atoms with van der Waals surface area (Å²) in [6, 6.07) is 14.2. The van der Waals surface area contributed by atoms with Gasteiger partial charge in [-0.25, -0.2) is 0 Å². The maximum atomic E-state index is 12.5. The van der Waals surface area contributed by atoms with E-state index in [1.54, 1.807) is 12.4 Å². The first-order valence-corrected chi connectivity index (χ1v) is 8.99. The molecule has 1 amide bonds. The molecule has 2 heterocycles. The molecule has 1 saturated carbocycles. The van der Waals surface area contributed by atoms with Crippen molar-refractivity contribution in [2.45, 2.75) is 32.2 Å². The Hall–Kier alpha value is -2.95. The minimum Gasteiger partial charge on any atom is -0.309 e. The topological polar surface area (TPSA) is 59.8 Å².